The van der Waals surface area contributed by atoms with E-state index in [1.807, 2.05) is 0 Å². The van der Waals surface area contributed by atoms with Crippen LogP contribution in [0, 0.1) is 0 Å². The van der Waals surface area contributed by atoms with Gasteiger partial charge in [0.25, 0.3) is 6.43 Å². The Balaban J connectivity index is 2.29. The minimum atomic E-state index is -3.93. The first-order chi connectivity index (χ1) is 8.86. The Labute approximate surface area is 110 Å². The van der Waals surface area contributed by atoms with Gasteiger partial charge in [-0.15, -0.1) is 0 Å². The third-order valence-electron chi connectivity index (χ3n) is 3.11. The minimum Gasteiger partial charge on any atom is -0.390 e. The number of sulfonamides is 1. The molecule has 0 aliphatic heterocycles. The zero-order valence-electron chi connectivity index (χ0n) is 10.5. The first kappa shape index (κ1) is 14.4. The Kier molecular flexibility index (Phi) is 3.93. The summed E-state index contributed by atoms with van der Waals surface area (Å²) in [5, 5.41) is 9.21. The van der Waals surface area contributed by atoms with Gasteiger partial charge in [-0.05, 0) is 18.9 Å². The molecule has 0 radical (unpaired) electrons. The van der Waals surface area contributed by atoms with E-state index in [1.165, 1.54) is 12.3 Å². The fourth-order valence-corrected chi connectivity index (χ4v) is 3.13. The normalized spacial score (nSPS) is 16.5. The second kappa shape index (κ2) is 5.18. The molecule has 0 bridgehead atoms. The molecule has 0 amide bonds. The van der Waals surface area contributed by atoms with Gasteiger partial charge in [-0.1, -0.05) is 0 Å². The molecular weight excluding hydrogens is 278 g/mol. The maximum atomic E-state index is 12.3. The van der Waals surface area contributed by atoms with Crippen LogP contribution in [0.5, 0.6) is 0 Å². The van der Waals surface area contributed by atoms with Gasteiger partial charge in [0.1, 0.15) is 4.90 Å². The van der Waals surface area contributed by atoms with Crippen LogP contribution >= 0.6 is 0 Å². The van der Waals surface area contributed by atoms with Gasteiger partial charge in [-0.2, -0.15) is 4.31 Å². The van der Waals surface area contributed by atoms with Crippen LogP contribution in [-0.2, 0) is 16.6 Å². The molecule has 5 nitrogen and oxygen atoms in total. The van der Waals surface area contributed by atoms with Gasteiger partial charge in [-0.3, -0.25) is 0 Å². The number of hydrogen-bond acceptors (Lipinski definition) is 3. The maximum absolute atomic E-state index is 12.3. The lowest BCUT2D eigenvalue weighted by Crippen LogP contribution is -2.31. The van der Waals surface area contributed by atoms with Crippen molar-refractivity contribution in [1.82, 2.24) is 8.87 Å². The van der Waals surface area contributed by atoms with Crippen LogP contribution in [0.3, 0.4) is 0 Å². The number of alkyl halides is 2. The van der Waals surface area contributed by atoms with Crippen molar-refractivity contribution >= 4 is 10.0 Å². The lowest BCUT2D eigenvalue weighted by Gasteiger charge is -2.15. The Morgan fingerprint density at radius 2 is 2.16 bits per heavy atom. The first-order valence-corrected chi connectivity index (χ1v) is 7.36. The number of aliphatic hydroxyl groups excluding tert-OH is 1. The summed E-state index contributed by atoms with van der Waals surface area (Å²) in [4.78, 5) is -0.0494. The number of halogens is 2. The summed E-state index contributed by atoms with van der Waals surface area (Å²) in [5.41, 5.74) is 0.492. The van der Waals surface area contributed by atoms with E-state index < -0.39 is 23.0 Å². The summed E-state index contributed by atoms with van der Waals surface area (Å²) in [6.07, 6.45) is 0.574. The van der Waals surface area contributed by atoms with Crippen LogP contribution < -0.4 is 0 Å². The van der Waals surface area contributed by atoms with Gasteiger partial charge in [0.15, 0.2) is 0 Å². The van der Waals surface area contributed by atoms with Crippen LogP contribution in [0.1, 0.15) is 24.6 Å². The smallest absolute Gasteiger partial charge is 0.252 e. The predicted octanol–water partition coefficient (Wildman–Crippen LogP) is 1.20. The number of aliphatic hydroxyl groups is 1. The molecule has 1 saturated carbocycles. The second-order valence-electron chi connectivity index (χ2n) is 4.64. The van der Waals surface area contributed by atoms with Gasteiger partial charge in [-0.25, -0.2) is 17.2 Å². The number of aromatic nitrogens is 1. The van der Waals surface area contributed by atoms with E-state index >= 15 is 0 Å². The molecule has 1 fully saturated rings. The first-order valence-electron chi connectivity index (χ1n) is 5.92. The largest absolute Gasteiger partial charge is 0.390 e. The topological polar surface area (TPSA) is 62.5 Å². The van der Waals surface area contributed by atoms with Crippen LogP contribution in [0.2, 0.25) is 0 Å². The molecule has 19 heavy (non-hydrogen) atoms. The highest BCUT2D eigenvalue weighted by molar-refractivity contribution is 7.89. The number of nitrogens with zero attached hydrogens (tertiary/aromatic N) is 2. The molecule has 8 heteroatoms. The lowest BCUT2D eigenvalue weighted by atomic mass is 10.4. The Morgan fingerprint density at radius 3 is 2.63 bits per heavy atom. The molecule has 0 saturated heterocycles. The third kappa shape index (κ3) is 2.96. The second-order valence-corrected chi connectivity index (χ2v) is 6.69. The maximum Gasteiger partial charge on any atom is 0.252 e. The summed E-state index contributed by atoms with van der Waals surface area (Å²) in [6, 6.07) is 1.56. The summed E-state index contributed by atoms with van der Waals surface area (Å²) in [5.74, 6) is 0. The van der Waals surface area contributed by atoms with E-state index in [4.69, 9.17) is 0 Å². The monoisotopic (exact) mass is 294 g/mol. The van der Waals surface area contributed by atoms with Crippen molar-refractivity contribution < 1.29 is 22.3 Å². The fraction of sp³-hybridized carbons (Fsp3) is 0.636. The van der Waals surface area contributed by atoms with Crippen molar-refractivity contribution in [3.8, 4) is 0 Å². The molecule has 1 aliphatic carbocycles. The van der Waals surface area contributed by atoms with E-state index in [2.05, 4.69) is 0 Å². The molecule has 0 atom stereocenters. The van der Waals surface area contributed by atoms with Gasteiger partial charge in [0.2, 0.25) is 10.0 Å². The standard InChI is InChI=1S/C11H16F2N2O3S/c1-14(6-11(12)13)19(17,18)10-4-9(7-16)15(5-10)8-2-3-8/h4-5,8,11,16H,2-3,6-7H2,1H3. The Hall–Kier alpha value is -0.990. The third-order valence-corrected chi connectivity index (χ3v) is 4.90. The van der Waals surface area contributed by atoms with Gasteiger partial charge in [0, 0.05) is 25.0 Å². The molecule has 1 aromatic rings. The molecule has 108 valence electrons. The number of rotatable bonds is 6. The molecule has 1 N–H and O–H groups in total. The highest BCUT2D eigenvalue weighted by atomic mass is 32.2. The predicted molar refractivity (Wildman–Crippen MR) is 64.4 cm³/mol. The summed E-state index contributed by atoms with van der Waals surface area (Å²) < 4.78 is 51.1. The van der Waals surface area contributed by atoms with Gasteiger partial charge >= 0.3 is 0 Å². The van der Waals surface area contributed by atoms with Crippen molar-refractivity contribution in [3.63, 3.8) is 0 Å². The zero-order chi connectivity index (χ0) is 14.2. The minimum absolute atomic E-state index is 0.0494. The van der Waals surface area contributed by atoms with Gasteiger partial charge in [0.05, 0.1) is 13.2 Å². The van der Waals surface area contributed by atoms with Crippen LogP contribution in [-0.4, -0.2) is 42.4 Å². The summed E-state index contributed by atoms with van der Waals surface area (Å²) >= 11 is 0. The van der Waals surface area contributed by atoms with E-state index in [9.17, 15) is 22.3 Å². The average molecular weight is 294 g/mol. The van der Waals surface area contributed by atoms with E-state index in [0.29, 0.717) is 10.00 Å². The van der Waals surface area contributed by atoms with Crippen molar-refractivity contribution in [2.45, 2.75) is 36.8 Å². The quantitative estimate of drug-likeness (QED) is 0.857. The van der Waals surface area contributed by atoms with E-state index in [-0.39, 0.29) is 17.5 Å². The highest BCUT2D eigenvalue weighted by Gasteiger charge is 2.30. The van der Waals surface area contributed by atoms with Gasteiger partial charge < -0.3 is 9.67 Å². The molecule has 0 aromatic carbocycles. The van der Waals surface area contributed by atoms with Crippen molar-refractivity contribution in [2.24, 2.45) is 0 Å². The zero-order valence-corrected chi connectivity index (χ0v) is 11.3. The average Bonchev–Trinajstić information content (AvgIpc) is 3.07. The van der Waals surface area contributed by atoms with Crippen LogP contribution in [0.15, 0.2) is 17.2 Å². The fourth-order valence-electron chi connectivity index (χ4n) is 1.93. The number of hydrogen-bond donors (Lipinski definition) is 1. The van der Waals surface area contributed by atoms with E-state index in [1.54, 1.807) is 4.57 Å². The van der Waals surface area contributed by atoms with Crippen molar-refractivity contribution in [3.05, 3.63) is 18.0 Å². The highest BCUT2D eigenvalue weighted by Crippen LogP contribution is 2.37. The van der Waals surface area contributed by atoms with Crippen LogP contribution in [0.25, 0.3) is 0 Å². The molecule has 1 heterocycles. The van der Waals surface area contributed by atoms with Crippen molar-refractivity contribution in [1.29, 1.82) is 0 Å². The molecule has 2 rings (SSSR count). The lowest BCUT2D eigenvalue weighted by molar-refractivity contribution is 0.126. The molecule has 1 aliphatic rings. The molecular formula is C11H16F2N2O3S. The van der Waals surface area contributed by atoms with Crippen molar-refractivity contribution in [2.75, 3.05) is 13.6 Å². The summed E-state index contributed by atoms with van der Waals surface area (Å²) in [7, 11) is -2.81. The molecule has 0 unspecified atom stereocenters. The Morgan fingerprint density at radius 1 is 1.53 bits per heavy atom. The van der Waals surface area contributed by atoms with Crippen LogP contribution in [0.4, 0.5) is 8.78 Å². The SMILES string of the molecule is CN(CC(F)F)S(=O)(=O)c1cc(CO)n(C2CC2)c1. The Bertz CT molecular complexity index is 552. The summed E-state index contributed by atoms with van der Waals surface area (Å²) in [6.45, 7) is -1.12. The molecule has 1 aromatic heterocycles. The van der Waals surface area contributed by atoms with E-state index in [0.717, 1.165) is 19.9 Å². The molecule has 0 spiro atoms.